The largest absolute Gasteiger partial charge is 0.466 e. The quantitative estimate of drug-likeness (QED) is 0.0451. The van der Waals surface area contributed by atoms with Gasteiger partial charge in [-0.25, -0.2) is 0 Å². The second-order valence-corrected chi connectivity index (χ2v) is 20.3. The van der Waals surface area contributed by atoms with Crippen LogP contribution in [0.2, 0.25) is 0 Å². The summed E-state index contributed by atoms with van der Waals surface area (Å²) in [5, 5.41) is 0. The lowest BCUT2D eigenvalue weighted by molar-refractivity contribution is -0.144. The molecule has 0 saturated carbocycles. The first-order chi connectivity index (χ1) is 31.2. The van der Waals surface area contributed by atoms with Gasteiger partial charge in [-0.05, 0) is 25.7 Å². The molecule has 0 aromatic rings. The van der Waals surface area contributed by atoms with Crippen LogP contribution in [0, 0.1) is 0 Å². The van der Waals surface area contributed by atoms with E-state index >= 15 is 0 Å². The fraction of sp³-hybridized carbons (Fsp3) is 0.966. The molecule has 0 heterocycles. The summed E-state index contributed by atoms with van der Waals surface area (Å²) in [6, 6.07) is 0. The SMILES string of the molecule is CCCCCCCCCCCCCCCCCCOC(=O)CCCCCCCCCCCCCCCCCCCCCC(=O)OCCCCCCCCCCCCCCCCCC. The van der Waals surface area contributed by atoms with Gasteiger partial charge in [0.25, 0.3) is 0 Å². The summed E-state index contributed by atoms with van der Waals surface area (Å²) in [5.41, 5.74) is 0. The molecule has 0 aliphatic rings. The maximum absolute atomic E-state index is 12.1. The smallest absolute Gasteiger partial charge is 0.305 e. The number of hydrogen-bond acceptors (Lipinski definition) is 4. The van der Waals surface area contributed by atoms with Crippen LogP contribution >= 0.6 is 0 Å². The average Bonchev–Trinajstić information content (AvgIpc) is 3.29. The number of esters is 2. The lowest BCUT2D eigenvalue weighted by Gasteiger charge is -2.06. The topological polar surface area (TPSA) is 52.6 Å². The minimum Gasteiger partial charge on any atom is -0.466 e. The Bertz CT molecular complexity index is 788. The number of unbranched alkanes of at least 4 members (excludes halogenated alkanes) is 48. The Morgan fingerprint density at radius 3 is 0.524 bits per heavy atom. The second-order valence-electron chi connectivity index (χ2n) is 20.3. The van der Waals surface area contributed by atoms with Gasteiger partial charge in [-0.3, -0.25) is 9.59 Å². The fourth-order valence-electron chi connectivity index (χ4n) is 9.36. The molecule has 0 N–H and O–H groups in total. The van der Waals surface area contributed by atoms with Crippen molar-refractivity contribution in [3.05, 3.63) is 0 Å². The van der Waals surface area contributed by atoms with E-state index in [1.807, 2.05) is 0 Å². The molecule has 0 amide bonds. The number of carbonyl (C=O) groups excluding carboxylic acids is 2. The van der Waals surface area contributed by atoms with Crippen molar-refractivity contribution in [2.24, 2.45) is 0 Å². The van der Waals surface area contributed by atoms with E-state index in [0.29, 0.717) is 26.1 Å². The van der Waals surface area contributed by atoms with E-state index in [1.165, 1.54) is 302 Å². The third kappa shape index (κ3) is 57.0. The Balaban J connectivity index is 3.19. The van der Waals surface area contributed by atoms with Crippen molar-refractivity contribution in [1.82, 2.24) is 0 Å². The Morgan fingerprint density at radius 1 is 0.206 bits per heavy atom. The zero-order chi connectivity index (χ0) is 45.5. The lowest BCUT2D eigenvalue weighted by atomic mass is 10.0. The second kappa shape index (κ2) is 57.1. The molecule has 0 aliphatic carbocycles. The molecule has 4 heteroatoms. The summed E-state index contributed by atoms with van der Waals surface area (Å²) < 4.78 is 11.0. The number of hydrogen-bond donors (Lipinski definition) is 0. The van der Waals surface area contributed by atoms with Gasteiger partial charge in [-0.15, -0.1) is 0 Å². The molecule has 0 aliphatic heterocycles. The van der Waals surface area contributed by atoms with Crippen LogP contribution < -0.4 is 0 Å². The van der Waals surface area contributed by atoms with Crippen LogP contribution in [0.4, 0.5) is 0 Å². The highest BCUT2D eigenvalue weighted by Crippen LogP contribution is 2.18. The Labute approximate surface area is 396 Å². The summed E-state index contributed by atoms with van der Waals surface area (Å²) >= 11 is 0. The summed E-state index contributed by atoms with van der Waals surface area (Å²) in [7, 11) is 0. The van der Waals surface area contributed by atoms with Crippen molar-refractivity contribution in [3.8, 4) is 0 Å². The molecule has 63 heavy (non-hydrogen) atoms. The van der Waals surface area contributed by atoms with Crippen LogP contribution in [-0.2, 0) is 19.1 Å². The average molecular weight is 890 g/mol. The van der Waals surface area contributed by atoms with Crippen molar-refractivity contribution in [2.75, 3.05) is 13.2 Å². The Morgan fingerprint density at radius 2 is 0.349 bits per heavy atom. The van der Waals surface area contributed by atoms with Crippen LogP contribution in [0.15, 0.2) is 0 Å². The van der Waals surface area contributed by atoms with E-state index in [9.17, 15) is 9.59 Å². The highest BCUT2D eigenvalue weighted by atomic mass is 16.5. The van der Waals surface area contributed by atoms with E-state index in [-0.39, 0.29) is 11.9 Å². The van der Waals surface area contributed by atoms with Crippen molar-refractivity contribution < 1.29 is 19.1 Å². The molecule has 376 valence electrons. The first-order valence-corrected chi connectivity index (χ1v) is 29.5. The van der Waals surface area contributed by atoms with E-state index in [2.05, 4.69) is 13.8 Å². The summed E-state index contributed by atoms with van der Waals surface area (Å²) in [4.78, 5) is 24.1. The molecule has 4 nitrogen and oxygen atoms in total. The highest BCUT2D eigenvalue weighted by Gasteiger charge is 2.05. The zero-order valence-corrected chi connectivity index (χ0v) is 43.5. The first kappa shape index (κ1) is 61.9. The van der Waals surface area contributed by atoms with Crippen molar-refractivity contribution in [2.45, 2.75) is 354 Å². The number of rotatable bonds is 56. The van der Waals surface area contributed by atoms with Crippen molar-refractivity contribution in [1.29, 1.82) is 0 Å². The van der Waals surface area contributed by atoms with Gasteiger partial charge in [0.05, 0.1) is 13.2 Å². The number of ether oxygens (including phenoxy) is 2. The molecule has 0 saturated heterocycles. The van der Waals surface area contributed by atoms with Gasteiger partial charge in [0.2, 0.25) is 0 Å². The molecule has 0 spiro atoms. The molecular formula is C59H116O4. The minimum absolute atomic E-state index is 0.0217. The van der Waals surface area contributed by atoms with Crippen LogP contribution in [0.1, 0.15) is 354 Å². The predicted octanol–water partition coefficient (Wildman–Crippen LogP) is 20.8. The Hall–Kier alpha value is -1.06. The molecule has 0 aromatic carbocycles. The van der Waals surface area contributed by atoms with Crippen LogP contribution in [0.25, 0.3) is 0 Å². The third-order valence-electron chi connectivity index (χ3n) is 13.8. The zero-order valence-electron chi connectivity index (χ0n) is 43.5. The van der Waals surface area contributed by atoms with Gasteiger partial charge >= 0.3 is 11.9 Å². The van der Waals surface area contributed by atoms with Gasteiger partial charge in [-0.1, -0.05) is 316 Å². The molecule has 0 fully saturated rings. The number of carbonyl (C=O) groups is 2. The minimum atomic E-state index is 0.0217. The van der Waals surface area contributed by atoms with E-state index in [1.54, 1.807) is 0 Å². The van der Waals surface area contributed by atoms with Gasteiger partial charge in [0.1, 0.15) is 0 Å². The van der Waals surface area contributed by atoms with E-state index in [0.717, 1.165) is 25.7 Å². The van der Waals surface area contributed by atoms with Crippen LogP contribution in [0.5, 0.6) is 0 Å². The first-order valence-electron chi connectivity index (χ1n) is 29.5. The van der Waals surface area contributed by atoms with Crippen LogP contribution in [-0.4, -0.2) is 25.2 Å². The van der Waals surface area contributed by atoms with Gasteiger partial charge in [-0.2, -0.15) is 0 Å². The highest BCUT2D eigenvalue weighted by molar-refractivity contribution is 5.69. The molecule has 0 atom stereocenters. The molecule has 0 bridgehead atoms. The van der Waals surface area contributed by atoms with E-state index in [4.69, 9.17) is 9.47 Å². The van der Waals surface area contributed by atoms with E-state index < -0.39 is 0 Å². The van der Waals surface area contributed by atoms with Gasteiger partial charge in [0, 0.05) is 12.8 Å². The summed E-state index contributed by atoms with van der Waals surface area (Å²) in [5.74, 6) is 0.0434. The fourth-order valence-corrected chi connectivity index (χ4v) is 9.36. The maximum Gasteiger partial charge on any atom is 0.305 e. The van der Waals surface area contributed by atoms with Crippen molar-refractivity contribution in [3.63, 3.8) is 0 Å². The molecule has 0 unspecified atom stereocenters. The van der Waals surface area contributed by atoms with Crippen molar-refractivity contribution >= 4 is 11.9 Å². The normalized spacial score (nSPS) is 11.5. The summed E-state index contributed by atoms with van der Waals surface area (Å²) in [6.45, 7) is 5.84. The standard InChI is InChI=1S/C59H116O4/c1-3-5-7-9-11-13-15-17-19-28-32-36-40-44-48-52-56-62-58(60)54-50-46-42-38-34-30-26-24-22-21-23-25-27-31-35-39-43-47-51-55-59(61)63-57-53-49-45-41-37-33-29-20-18-16-14-12-10-8-6-4-2/h3-57H2,1-2H3. The van der Waals surface area contributed by atoms with Gasteiger partial charge in [0.15, 0.2) is 0 Å². The molecule has 0 radical (unpaired) electrons. The van der Waals surface area contributed by atoms with Gasteiger partial charge < -0.3 is 9.47 Å². The molecular weight excluding hydrogens is 773 g/mol. The lowest BCUT2D eigenvalue weighted by Crippen LogP contribution is -2.05. The Kier molecular flexibility index (Phi) is 56.1. The van der Waals surface area contributed by atoms with Crippen LogP contribution in [0.3, 0.4) is 0 Å². The monoisotopic (exact) mass is 889 g/mol. The predicted molar refractivity (Wildman–Crippen MR) is 278 cm³/mol. The maximum atomic E-state index is 12.1. The molecule has 0 aromatic heterocycles. The molecule has 0 rings (SSSR count). The third-order valence-corrected chi connectivity index (χ3v) is 13.8. The summed E-state index contributed by atoms with van der Waals surface area (Å²) in [6.07, 6.45) is 69.8.